The molecule has 0 saturated heterocycles. The van der Waals surface area contributed by atoms with E-state index in [0.29, 0.717) is 42.1 Å². The van der Waals surface area contributed by atoms with Gasteiger partial charge < -0.3 is 20.8 Å². The van der Waals surface area contributed by atoms with Crippen LogP contribution in [0.1, 0.15) is 0 Å². The lowest BCUT2D eigenvalue weighted by Gasteiger charge is -2.05. The fourth-order valence-electron chi connectivity index (χ4n) is 2.44. The molecular formula is C25H48N4O6S14. The third-order valence-electron chi connectivity index (χ3n) is 4.52. The Balaban J connectivity index is 3.41. The number of carbonyl (C=O) groups excluding carboxylic acids is 2. The summed E-state index contributed by atoms with van der Waals surface area (Å²) < 4.78 is 23.8. The van der Waals surface area contributed by atoms with E-state index >= 15 is 0 Å². The second-order valence-electron chi connectivity index (χ2n) is 8.26. The monoisotopic (exact) mass is 948 g/mol. The molecule has 0 aromatic heterocycles. The third-order valence-corrected chi connectivity index (χ3v) is 20.3. The lowest BCUT2D eigenvalue weighted by molar-refractivity contribution is 0.260. The summed E-state index contributed by atoms with van der Waals surface area (Å²) in [5.74, 6) is 6.75. The first-order valence-electron chi connectivity index (χ1n) is 14.5. The van der Waals surface area contributed by atoms with E-state index < -0.39 is 21.6 Å². The van der Waals surface area contributed by atoms with Crippen molar-refractivity contribution in [3.8, 4) is 0 Å². The van der Waals surface area contributed by atoms with Crippen molar-refractivity contribution < 1.29 is 28.2 Å². The highest BCUT2D eigenvalue weighted by molar-refractivity contribution is 8.27. The standard InChI is InChI=1S/C25H48N4O6S14/c30-15-42-20-44-22-47-25(33)29-4-8-39-17-36-5-1-26-13-48(34)12-11-41-19-40-9-10-46-24(32)28-3-7-38-18-37-6-2-27-14-49(35)23-45-21-43-16-31/h13-14,30-31H,1-12,15-23H2,(H,28,32)(H,29,33). The first kappa shape index (κ1) is 51.7. The van der Waals surface area contributed by atoms with Gasteiger partial charge >= 0.3 is 0 Å². The number of carbonyl (C=O) groups is 2. The molecule has 0 aliphatic rings. The molecule has 2 unspecified atom stereocenters. The van der Waals surface area contributed by atoms with Crippen LogP contribution in [0.25, 0.3) is 0 Å². The molecule has 0 aromatic carbocycles. The average molecular weight is 950 g/mol. The van der Waals surface area contributed by atoms with Crippen LogP contribution in [-0.2, 0) is 21.6 Å². The molecule has 49 heavy (non-hydrogen) atoms. The predicted molar refractivity (Wildman–Crippen MR) is 248 cm³/mol. The Bertz CT molecular complexity index is 901. The van der Waals surface area contributed by atoms with Crippen molar-refractivity contribution in [3.63, 3.8) is 0 Å². The van der Waals surface area contributed by atoms with Crippen molar-refractivity contribution in [3.05, 3.63) is 0 Å². The maximum absolute atomic E-state index is 12.1. The Morgan fingerprint density at radius 2 is 1.02 bits per heavy atom. The SMILES string of the molecule is O=C(NCCSCSCCN=CS(=O)CSCSCO)SCCSCSCCS(=O)C=NCCSCSCCNC(=O)SCSCSCO. The Morgan fingerprint density at radius 3 is 1.63 bits per heavy atom. The minimum absolute atomic E-state index is 0.00664. The van der Waals surface area contributed by atoms with Gasteiger partial charge in [-0.25, -0.2) is 0 Å². The smallest absolute Gasteiger partial charge is 0.279 e. The van der Waals surface area contributed by atoms with Crippen molar-refractivity contribution >= 4 is 184 Å². The van der Waals surface area contributed by atoms with Crippen LogP contribution in [0.5, 0.6) is 0 Å². The number of hydrogen-bond acceptors (Lipinski definition) is 20. The molecule has 0 aliphatic heterocycles. The Morgan fingerprint density at radius 1 is 0.531 bits per heavy atom. The van der Waals surface area contributed by atoms with Gasteiger partial charge in [-0.2, -0.15) is 23.5 Å². The van der Waals surface area contributed by atoms with Crippen LogP contribution in [0.2, 0.25) is 0 Å². The van der Waals surface area contributed by atoms with Gasteiger partial charge in [0.15, 0.2) is 0 Å². The van der Waals surface area contributed by atoms with Gasteiger partial charge in [0, 0.05) is 103 Å². The van der Waals surface area contributed by atoms with Gasteiger partial charge in [0.25, 0.3) is 10.5 Å². The molecule has 4 N–H and O–H groups in total. The second kappa shape index (κ2) is 43.4. The van der Waals surface area contributed by atoms with E-state index in [-0.39, 0.29) is 22.4 Å². The highest BCUT2D eigenvalue weighted by Gasteiger charge is 2.03. The van der Waals surface area contributed by atoms with Crippen LogP contribution >= 0.6 is 141 Å². The molecule has 2 amide bonds. The van der Waals surface area contributed by atoms with Gasteiger partial charge in [0.2, 0.25) is 0 Å². The van der Waals surface area contributed by atoms with E-state index in [1.807, 2.05) is 0 Å². The first-order valence-corrected chi connectivity index (χ1v) is 30.8. The molecule has 0 rings (SSSR count). The second-order valence-corrected chi connectivity index (χ2v) is 26.0. The summed E-state index contributed by atoms with van der Waals surface area (Å²) in [6.07, 6.45) is 0. The summed E-state index contributed by atoms with van der Waals surface area (Å²) in [5.41, 5.74) is 3.08. The molecule has 288 valence electrons. The average Bonchev–Trinajstić information content (AvgIpc) is 3.09. The molecule has 0 bridgehead atoms. The lowest BCUT2D eigenvalue weighted by atomic mass is 10.8. The minimum atomic E-state index is -1.06. The largest absolute Gasteiger partial charge is 0.386 e. The fraction of sp³-hybridized carbons (Fsp3) is 0.840. The van der Waals surface area contributed by atoms with Crippen LogP contribution in [-0.4, -0.2) is 160 Å². The molecule has 0 aliphatic carbocycles. The molecule has 0 heterocycles. The molecule has 0 aromatic rings. The van der Waals surface area contributed by atoms with Gasteiger partial charge in [0.1, 0.15) is 0 Å². The Hall–Kier alpha value is 2.70. The summed E-state index contributed by atoms with van der Waals surface area (Å²) in [7, 11) is -2.10. The number of rotatable bonds is 36. The molecule has 0 fully saturated rings. The number of nitrogens with one attached hydrogen (secondary N) is 2. The molecule has 0 radical (unpaired) electrons. The van der Waals surface area contributed by atoms with Gasteiger partial charge in [0.05, 0.1) is 49.7 Å². The van der Waals surface area contributed by atoms with Gasteiger partial charge in [-0.1, -0.05) is 23.5 Å². The topological polar surface area (TPSA) is 158 Å². The van der Waals surface area contributed by atoms with E-state index in [0.717, 1.165) is 65.7 Å². The zero-order valence-corrected chi connectivity index (χ0v) is 38.6. The van der Waals surface area contributed by atoms with Crippen LogP contribution < -0.4 is 10.6 Å². The van der Waals surface area contributed by atoms with E-state index in [1.54, 1.807) is 87.9 Å². The molecule has 0 spiro atoms. The van der Waals surface area contributed by atoms with Crippen molar-refractivity contribution in [2.45, 2.75) is 0 Å². The summed E-state index contributed by atoms with van der Waals surface area (Å²) in [6, 6.07) is 0. The van der Waals surface area contributed by atoms with Crippen LogP contribution in [0.15, 0.2) is 9.98 Å². The molecule has 24 heteroatoms. The van der Waals surface area contributed by atoms with E-state index in [4.69, 9.17) is 10.2 Å². The predicted octanol–water partition coefficient (Wildman–Crippen LogP) is 6.36. The van der Waals surface area contributed by atoms with Gasteiger partial charge in [-0.15, -0.1) is 94.1 Å². The van der Waals surface area contributed by atoms with Crippen molar-refractivity contribution in [2.24, 2.45) is 9.98 Å². The highest BCUT2D eigenvalue weighted by Crippen LogP contribution is 2.18. The number of nitrogens with zero attached hydrogens (tertiary/aromatic N) is 2. The maximum Gasteiger partial charge on any atom is 0.279 e. The van der Waals surface area contributed by atoms with Crippen molar-refractivity contribution in [1.29, 1.82) is 0 Å². The molecule has 2 atom stereocenters. The quantitative estimate of drug-likeness (QED) is 0.0238. The van der Waals surface area contributed by atoms with Crippen LogP contribution in [0.4, 0.5) is 9.59 Å². The van der Waals surface area contributed by atoms with E-state index in [1.165, 1.54) is 64.4 Å². The maximum atomic E-state index is 12.1. The van der Waals surface area contributed by atoms with Crippen LogP contribution in [0.3, 0.4) is 0 Å². The summed E-state index contributed by atoms with van der Waals surface area (Å²) in [6.45, 7) is 2.60. The molecular weight excluding hydrogens is 901 g/mol. The van der Waals surface area contributed by atoms with Crippen molar-refractivity contribution in [2.75, 3.05) is 120 Å². The normalized spacial score (nSPS) is 12.9. The van der Waals surface area contributed by atoms with Crippen LogP contribution in [0, 0.1) is 0 Å². The number of aliphatic imine (C=N–C) groups is 2. The summed E-state index contributed by atoms with van der Waals surface area (Å²) >= 11 is 19.2. The lowest BCUT2D eigenvalue weighted by Crippen LogP contribution is -2.22. The number of hydrogen-bond donors (Lipinski definition) is 4. The number of amides is 2. The fourth-order valence-corrected chi connectivity index (χ4v) is 15.8. The first-order chi connectivity index (χ1) is 24.0. The zero-order valence-electron chi connectivity index (χ0n) is 27.1. The summed E-state index contributed by atoms with van der Waals surface area (Å²) in [5, 5.41) is 28.7. The third kappa shape index (κ3) is 43.3. The number of aliphatic hydroxyl groups excluding tert-OH is 2. The van der Waals surface area contributed by atoms with E-state index in [9.17, 15) is 18.0 Å². The Labute approximate surface area is 349 Å². The van der Waals surface area contributed by atoms with Gasteiger partial charge in [-0.3, -0.25) is 28.0 Å². The Kier molecular flexibility index (Phi) is 45.8. The zero-order chi connectivity index (χ0) is 35.9. The van der Waals surface area contributed by atoms with E-state index in [2.05, 4.69) is 20.6 Å². The van der Waals surface area contributed by atoms with Crippen molar-refractivity contribution in [1.82, 2.24) is 10.6 Å². The minimum Gasteiger partial charge on any atom is -0.386 e. The summed E-state index contributed by atoms with van der Waals surface area (Å²) in [4.78, 5) is 32.2. The molecule has 10 nitrogen and oxygen atoms in total. The number of thioether (sulfide) groups is 12. The van der Waals surface area contributed by atoms with Gasteiger partial charge in [-0.05, 0) is 0 Å². The highest BCUT2D eigenvalue weighted by atomic mass is 32.3. The molecule has 0 saturated carbocycles. The number of aliphatic hydroxyl groups is 2.